The first-order chi connectivity index (χ1) is 12.3. The lowest BCUT2D eigenvalue weighted by molar-refractivity contribution is 0.475. The summed E-state index contributed by atoms with van der Waals surface area (Å²) in [4.78, 5) is 9.04. The van der Waals surface area contributed by atoms with E-state index in [4.69, 9.17) is 0 Å². The summed E-state index contributed by atoms with van der Waals surface area (Å²) in [5, 5.41) is 9.38. The summed E-state index contributed by atoms with van der Waals surface area (Å²) >= 11 is 0. The Kier molecular flexibility index (Phi) is 5.78. The van der Waals surface area contributed by atoms with Crippen LogP contribution in [0, 0.1) is 0 Å². The molecule has 0 amide bonds. The van der Waals surface area contributed by atoms with E-state index in [1.807, 2.05) is 36.7 Å². The van der Waals surface area contributed by atoms with Crippen molar-refractivity contribution in [2.24, 2.45) is 0 Å². The molecule has 0 aliphatic heterocycles. The molecule has 0 saturated carbocycles. The molecule has 0 unspecified atom stereocenters. The molecule has 0 fully saturated rings. The monoisotopic (exact) mass is 332 g/mol. The number of unbranched alkanes of at least 4 members (excludes halogenated alkanes) is 3. The molecule has 0 radical (unpaired) electrons. The zero-order valence-corrected chi connectivity index (χ0v) is 14.7. The number of rotatable bonds is 7. The van der Waals surface area contributed by atoms with Gasteiger partial charge in [-0.1, -0.05) is 62.6 Å². The Morgan fingerprint density at radius 2 is 1.28 bits per heavy atom. The molecule has 0 spiro atoms. The molecule has 128 valence electrons. The van der Waals surface area contributed by atoms with Gasteiger partial charge in [-0.05, 0) is 41.7 Å². The van der Waals surface area contributed by atoms with Crippen LogP contribution in [0.25, 0.3) is 22.5 Å². The third kappa shape index (κ3) is 4.66. The maximum Gasteiger partial charge on any atom is 0.159 e. The number of hydrogen-bond acceptors (Lipinski definition) is 3. The SMILES string of the molecule is CCCCCCc1cnc(-c2ccc(-c3ccc(O)cc3)cc2)nc1. The van der Waals surface area contributed by atoms with Crippen molar-refractivity contribution in [1.82, 2.24) is 9.97 Å². The van der Waals surface area contributed by atoms with Crippen molar-refractivity contribution in [3.05, 3.63) is 66.5 Å². The highest BCUT2D eigenvalue weighted by Crippen LogP contribution is 2.24. The van der Waals surface area contributed by atoms with Crippen molar-refractivity contribution in [2.45, 2.75) is 39.0 Å². The molecule has 0 aliphatic carbocycles. The van der Waals surface area contributed by atoms with Gasteiger partial charge in [0.05, 0.1) is 0 Å². The van der Waals surface area contributed by atoms with E-state index in [1.54, 1.807) is 12.1 Å². The van der Waals surface area contributed by atoms with Gasteiger partial charge in [0.25, 0.3) is 0 Å². The predicted octanol–water partition coefficient (Wildman–Crippen LogP) is 5.64. The van der Waals surface area contributed by atoms with Gasteiger partial charge in [0, 0.05) is 18.0 Å². The van der Waals surface area contributed by atoms with Crippen LogP contribution in [0.3, 0.4) is 0 Å². The number of aromatic nitrogens is 2. The number of phenolic OH excluding ortho intramolecular Hbond substituents is 1. The van der Waals surface area contributed by atoms with Crippen molar-refractivity contribution < 1.29 is 5.11 Å². The largest absolute Gasteiger partial charge is 0.508 e. The van der Waals surface area contributed by atoms with E-state index < -0.39 is 0 Å². The second kappa shape index (κ2) is 8.43. The van der Waals surface area contributed by atoms with Gasteiger partial charge >= 0.3 is 0 Å². The maximum atomic E-state index is 9.38. The molecule has 3 aromatic rings. The van der Waals surface area contributed by atoms with Crippen molar-refractivity contribution >= 4 is 0 Å². The summed E-state index contributed by atoms with van der Waals surface area (Å²) in [5.41, 5.74) is 4.41. The van der Waals surface area contributed by atoms with Crippen LogP contribution in [0.5, 0.6) is 5.75 Å². The summed E-state index contributed by atoms with van der Waals surface area (Å²) in [6.45, 7) is 2.23. The Bertz CT molecular complexity index is 778. The number of benzene rings is 2. The van der Waals surface area contributed by atoms with Gasteiger partial charge < -0.3 is 5.11 Å². The Hall–Kier alpha value is -2.68. The topological polar surface area (TPSA) is 46.0 Å². The molecular weight excluding hydrogens is 308 g/mol. The van der Waals surface area contributed by atoms with Crippen molar-refractivity contribution in [1.29, 1.82) is 0 Å². The number of nitrogens with zero attached hydrogens (tertiary/aromatic N) is 2. The Balaban J connectivity index is 1.66. The van der Waals surface area contributed by atoms with Crippen LogP contribution in [0.15, 0.2) is 60.9 Å². The molecule has 25 heavy (non-hydrogen) atoms. The fraction of sp³-hybridized carbons (Fsp3) is 0.273. The summed E-state index contributed by atoms with van der Waals surface area (Å²) < 4.78 is 0. The fourth-order valence-corrected chi connectivity index (χ4v) is 2.85. The first-order valence-electron chi connectivity index (χ1n) is 8.97. The predicted molar refractivity (Wildman–Crippen MR) is 102 cm³/mol. The molecule has 0 saturated heterocycles. The van der Waals surface area contributed by atoms with E-state index in [0.717, 1.165) is 28.9 Å². The second-order valence-corrected chi connectivity index (χ2v) is 6.35. The van der Waals surface area contributed by atoms with Crippen LogP contribution in [-0.2, 0) is 6.42 Å². The highest BCUT2D eigenvalue weighted by atomic mass is 16.3. The second-order valence-electron chi connectivity index (χ2n) is 6.35. The Morgan fingerprint density at radius 1 is 0.720 bits per heavy atom. The molecule has 1 N–H and O–H groups in total. The van der Waals surface area contributed by atoms with Crippen LogP contribution in [0.2, 0.25) is 0 Å². The summed E-state index contributed by atoms with van der Waals surface area (Å²) in [7, 11) is 0. The van der Waals surface area contributed by atoms with Gasteiger partial charge in [0.1, 0.15) is 5.75 Å². The highest BCUT2D eigenvalue weighted by Gasteiger charge is 2.03. The number of phenols is 1. The zero-order chi connectivity index (χ0) is 17.5. The molecule has 3 rings (SSSR count). The minimum atomic E-state index is 0.281. The molecule has 0 atom stereocenters. The van der Waals surface area contributed by atoms with E-state index in [-0.39, 0.29) is 5.75 Å². The van der Waals surface area contributed by atoms with E-state index >= 15 is 0 Å². The van der Waals surface area contributed by atoms with Crippen LogP contribution in [0.1, 0.15) is 38.2 Å². The van der Waals surface area contributed by atoms with Crippen LogP contribution < -0.4 is 0 Å². The number of aromatic hydroxyl groups is 1. The van der Waals surface area contributed by atoms with Crippen LogP contribution in [-0.4, -0.2) is 15.1 Å². The first-order valence-corrected chi connectivity index (χ1v) is 8.97. The molecular formula is C22H24N2O. The summed E-state index contributed by atoms with van der Waals surface area (Å²) in [6.07, 6.45) is 9.99. The van der Waals surface area contributed by atoms with Gasteiger partial charge in [-0.25, -0.2) is 9.97 Å². The number of aryl methyl sites for hydroxylation is 1. The average Bonchev–Trinajstić information content (AvgIpc) is 2.67. The number of hydrogen-bond donors (Lipinski definition) is 1. The standard InChI is InChI=1S/C22H24N2O/c1-2-3-4-5-6-17-15-23-22(24-16-17)20-9-7-18(8-10-20)19-11-13-21(25)14-12-19/h7-16,25H,2-6H2,1H3. The van der Waals surface area contributed by atoms with Crippen molar-refractivity contribution in [3.8, 4) is 28.3 Å². The fourth-order valence-electron chi connectivity index (χ4n) is 2.85. The van der Waals surface area contributed by atoms with Gasteiger partial charge in [0.2, 0.25) is 0 Å². The lowest BCUT2D eigenvalue weighted by Crippen LogP contribution is -1.93. The van der Waals surface area contributed by atoms with Crippen molar-refractivity contribution in [3.63, 3.8) is 0 Å². The Morgan fingerprint density at radius 3 is 1.88 bits per heavy atom. The quantitative estimate of drug-likeness (QED) is 0.570. The summed E-state index contributed by atoms with van der Waals surface area (Å²) in [5.74, 6) is 1.04. The van der Waals surface area contributed by atoms with E-state index in [9.17, 15) is 5.11 Å². The zero-order valence-electron chi connectivity index (χ0n) is 14.7. The molecule has 3 nitrogen and oxygen atoms in total. The molecule has 3 heteroatoms. The maximum absolute atomic E-state index is 9.38. The minimum Gasteiger partial charge on any atom is -0.508 e. The van der Waals surface area contributed by atoms with Crippen LogP contribution >= 0.6 is 0 Å². The normalized spacial score (nSPS) is 10.8. The average molecular weight is 332 g/mol. The van der Waals surface area contributed by atoms with Crippen LogP contribution in [0.4, 0.5) is 0 Å². The van der Waals surface area contributed by atoms with Gasteiger partial charge in [-0.3, -0.25) is 0 Å². The van der Waals surface area contributed by atoms with Gasteiger partial charge in [-0.2, -0.15) is 0 Å². The van der Waals surface area contributed by atoms with E-state index in [1.165, 1.54) is 31.2 Å². The van der Waals surface area contributed by atoms with E-state index in [0.29, 0.717) is 0 Å². The van der Waals surface area contributed by atoms with E-state index in [2.05, 4.69) is 29.0 Å². The molecule has 0 aliphatic rings. The molecule has 0 bridgehead atoms. The lowest BCUT2D eigenvalue weighted by Gasteiger charge is -2.05. The Labute approximate surface area is 149 Å². The third-order valence-corrected chi connectivity index (χ3v) is 4.37. The molecule has 2 aromatic carbocycles. The summed E-state index contributed by atoms with van der Waals surface area (Å²) in [6, 6.07) is 15.4. The molecule has 1 aromatic heterocycles. The van der Waals surface area contributed by atoms with Gasteiger partial charge in [0.15, 0.2) is 5.82 Å². The van der Waals surface area contributed by atoms with Gasteiger partial charge in [-0.15, -0.1) is 0 Å². The first kappa shape index (κ1) is 17.2. The minimum absolute atomic E-state index is 0.281. The third-order valence-electron chi connectivity index (χ3n) is 4.37. The lowest BCUT2D eigenvalue weighted by atomic mass is 10.0. The van der Waals surface area contributed by atoms with Crippen molar-refractivity contribution in [2.75, 3.05) is 0 Å². The molecule has 1 heterocycles. The highest BCUT2D eigenvalue weighted by molar-refractivity contribution is 5.68. The smallest absolute Gasteiger partial charge is 0.159 e.